The third-order valence-electron chi connectivity index (χ3n) is 16.0. The molecule has 1 atom stereocenters. The monoisotopic (exact) mass is 1130 g/mol. The second kappa shape index (κ2) is 69.6. The van der Waals surface area contributed by atoms with E-state index in [0.29, 0.717) is 19.3 Å². The van der Waals surface area contributed by atoms with E-state index >= 15 is 0 Å². The molecule has 1 unspecified atom stereocenters. The molecule has 0 aliphatic rings. The molecule has 0 aromatic rings. The molecule has 0 rings (SSSR count). The van der Waals surface area contributed by atoms with Gasteiger partial charge < -0.3 is 14.2 Å². The van der Waals surface area contributed by atoms with E-state index in [9.17, 15) is 14.4 Å². The Morgan fingerprint density at radius 3 is 0.741 bits per heavy atom. The molecule has 0 N–H and O–H groups in total. The van der Waals surface area contributed by atoms with Crippen molar-refractivity contribution in [2.45, 2.75) is 386 Å². The lowest BCUT2D eigenvalue weighted by Gasteiger charge is -2.18. The van der Waals surface area contributed by atoms with E-state index in [1.807, 2.05) is 0 Å². The van der Waals surface area contributed by atoms with Crippen molar-refractivity contribution in [3.63, 3.8) is 0 Å². The van der Waals surface area contributed by atoms with Gasteiger partial charge >= 0.3 is 17.9 Å². The molecular formula is C75H136O6. The quantitative estimate of drug-likeness (QED) is 0.0261. The molecular weight excluding hydrogens is 997 g/mol. The van der Waals surface area contributed by atoms with Crippen LogP contribution in [0.15, 0.2) is 60.8 Å². The van der Waals surface area contributed by atoms with Gasteiger partial charge in [0.25, 0.3) is 0 Å². The van der Waals surface area contributed by atoms with E-state index in [-0.39, 0.29) is 31.1 Å². The van der Waals surface area contributed by atoms with Crippen molar-refractivity contribution in [2.75, 3.05) is 13.2 Å². The van der Waals surface area contributed by atoms with Crippen LogP contribution in [0.4, 0.5) is 0 Å². The minimum absolute atomic E-state index is 0.0813. The predicted molar refractivity (Wildman–Crippen MR) is 353 cm³/mol. The van der Waals surface area contributed by atoms with Crippen LogP contribution in [0, 0.1) is 0 Å². The predicted octanol–water partition coefficient (Wildman–Crippen LogP) is 24.7. The third kappa shape index (κ3) is 67.8. The maximum absolute atomic E-state index is 12.9. The standard InChI is InChI=1S/C75H136O6/c1-4-7-10-13-16-19-22-25-28-30-31-32-33-34-35-36-37-38-39-40-41-42-43-44-45-46-48-50-53-56-59-62-65-68-74(77)80-71-72(70-79-73(76)67-64-61-58-55-52-49-27-24-21-18-15-12-9-6-3)81-75(78)69-66-63-60-57-54-51-47-29-26-23-20-17-14-11-8-5-2/h15,18,20,23-24,27,29-31,47,72H,4-14,16-17,19,21-22,25-26,28,32-46,48-71H2,1-3H3/b18-15-,23-20-,27-24-,31-30-,47-29-. The molecule has 472 valence electrons. The van der Waals surface area contributed by atoms with Crippen molar-refractivity contribution in [3.05, 3.63) is 60.8 Å². The Morgan fingerprint density at radius 1 is 0.247 bits per heavy atom. The van der Waals surface area contributed by atoms with Gasteiger partial charge in [0.05, 0.1) is 0 Å². The average Bonchev–Trinajstić information content (AvgIpc) is 3.47. The zero-order chi connectivity index (χ0) is 58.5. The summed E-state index contributed by atoms with van der Waals surface area (Å²) in [6, 6.07) is 0. The summed E-state index contributed by atoms with van der Waals surface area (Å²) < 4.78 is 16.9. The summed E-state index contributed by atoms with van der Waals surface area (Å²) >= 11 is 0. The lowest BCUT2D eigenvalue weighted by molar-refractivity contribution is -0.167. The first-order valence-corrected chi connectivity index (χ1v) is 35.8. The van der Waals surface area contributed by atoms with Crippen molar-refractivity contribution in [1.29, 1.82) is 0 Å². The summed E-state index contributed by atoms with van der Waals surface area (Å²) in [4.78, 5) is 38.4. The number of hydrogen-bond donors (Lipinski definition) is 0. The fourth-order valence-corrected chi connectivity index (χ4v) is 10.5. The molecule has 0 bridgehead atoms. The summed E-state index contributed by atoms with van der Waals surface area (Å²) in [5, 5.41) is 0. The largest absolute Gasteiger partial charge is 0.462 e. The first-order chi connectivity index (χ1) is 40.0. The normalized spacial score (nSPS) is 12.4. The Hall–Kier alpha value is -2.89. The molecule has 0 amide bonds. The Labute approximate surface area is 504 Å². The van der Waals surface area contributed by atoms with E-state index in [1.54, 1.807) is 0 Å². The summed E-state index contributed by atoms with van der Waals surface area (Å²) in [5.41, 5.74) is 0. The maximum atomic E-state index is 12.9. The van der Waals surface area contributed by atoms with Gasteiger partial charge in [-0.1, -0.05) is 319 Å². The Bertz CT molecular complexity index is 1440. The lowest BCUT2D eigenvalue weighted by Crippen LogP contribution is -2.30. The van der Waals surface area contributed by atoms with Gasteiger partial charge in [-0.2, -0.15) is 0 Å². The summed E-state index contributed by atoms with van der Waals surface area (Å²) in [5.74, 6) is -0.890. The first-order valence-electron chi connectivity index (χ1n) is 35.8. The highest BCUT2D eigenvalue weighted by molar-refractivity contribution is 5.71. The van der Waals surface area contributed by atoms with Gasteiger partial charge in [-0.15, -0.1) is 0 Å². The molecule has 6 heteroatoms. The topological polar surface area (TPSA) is 78.9 Å². The Kier molecular flexibility index (Phi) is 67.1. The molecule has 0 saturated carbocycles. The van der Waals surface area contributed by atoms with Crippen LogP contribution < -0.4 is 0 Å². The molecule has 0 aliphatic heterocycles. The molecule has 0 aliphatic carbocycles. The zero-order valence-electron chi connectivity index (χ0n) is 54.3. The fraction of sp³-hybridized carbons (Fsp3) is 0.827. The smallest absolute Gasteiger partial charge is 0.306 e. The maximum Gasteiger partial charge on any atom is 0.306 e. The van der Waals surface area contributed by atoms with Crippen LogP contribution in [0.5, 0.6) is 0 Å². The molecule has 0 spiro atoms. The first kappa shape index (κ1) is 78.1. The number of rotatable bonds is 66. The molecule has 0 aromatic carbocycles. The van der Waals surface area contributed by atoms with E-state index in [1.165, 1.54) is 238 Å². The molecule has 0 radical (unpaired) electrons. The van der Waals surface area contributed by atoms with Crippen molar-refractivity contribution in [3.8, 4) is 0 Å². The van der Waals surface area contributed by atoms with Gasteiger partial charge in [-0.05, 0) is 103 Å². The van der Waals surface area contributed by atoms with Gasteiger partial charge in [0.2, 0.25) is 0 Å². The summed E-state index contributed by atoms with van der Waals surface area (Å²) in [6.07, 6.45) is 89.8. The van der Waals surface area contributed by atoms with Crippen LogP contribution >= 0.6 is 0 Å². The number of carbonyl (C=O) groups is 3. The van der Waals surface area contributed by atoms with Gasteiger partial charge in [0, 0.05) is 19.3 Å². The van der Waals surface area contributed by atoms with Crippen LogP contribution in [-0.4, -0.2) is 37.2 Å². The Balaban J connectivity index is 4.14. The van der Waals surface area contributed by atoms with Crippen LogP contribution in [0.3, 0.4) is 0 Å². The van der Waals surface area contributed by atoms with Crippen LogP contribution in [0.25, 0.3) is 0 Å². The third-order valence-corrected chi connectivity index (χ3v) is 16.0. The van der Waals surface area contributed by atoms with Gasteiger partial charge in [-0.3, -0.25) is 14.4 Å². The summed E-state index contributed by atoms with van der Waals surface area (Å²) in [6.45, 7) is 6.61. The number of allylic oxidation sites excluding steroid dienone is 10. The summed E-state index contributed by atoms with van der Waals surface area (Å²) in [7, 11) is 0. The van der Waals surface area contributed by atoms with Crippen molar-refractivity contribution >= 4 is 17.9 Å². The lowest BCUT2D eigenvalue weighted by atomic mass is 10.0. The molecule has 81 heavy (non-hydrogen) atoms. The minimum Gasteiger partial charge on any atom is -0.462 e. The van der Waals surface area contributed by atoms with Crippen molar-refractivity contribution in [1.82, 2.24) is 0 Å². The molecule has 0 fully saturated rings. The fourth-order valence-electron chi connectivity index (χ4n) is 10.5. The van der Waals surface area contributed by atoms with E-state index in [4.69, 9.17) is 14.2 Å². The number of unbranched alkanes of at least 4 members (excludes halogenated alkanes) is 45. The van der Waals surface area contributed by atoms with E-state index in [0.717, 1.165) is 103 Å². The van der Waals surface area contributed by atoms with Crippen molar-refractivity contribution < 1.29 is 28.6 Å². The SMILES string of the molecule is CCCC/C=C\C/C=C\CCCCCCCC(=O)OCC(COC(=O)CCCCCCCCCCCCCCCCCCCCCCC/C=C\CCCCCCCCCC)OC(=O)CCCCCCC/C=C\C/C=C\CCCCCC. The second-order valence-electron chi connectivity index (χ2n) is 24.1. The molecule has 6 nitrogen and oxygen atoms in total. The minimum atomic E-state index is -0.787. The van der Waals surface area contributed by atoms with Gasteiger partial charge in [-0.25, -0.2) is 0 Å². The second-order valence-corrected chi connectivity index (χ2v) is 24.1. The van der Waals surface area contributed by atoms with Crippen LogP contribution in [0.2, 0.25) is 0 Å². The average molecular weight is 1130 g/mol. The number of ether oxygens (including phenoxy) is 3. The van der Waals surface area contributed by atoms with Crippen LogP contribution in [-0.2, 0) is 28.6 Å². The van der Waals surface area contributed by atoms with Gasteiger partial charge in [0.1, 0.15) is 13.2 Å². The van der Waals surface area contributed by atoms with Crippen LogP contribution in [0.1, 0.15) is 380 Å². The van der Waals surface area contributed by atoms with E-state index < -0.39 is 6.10 Å². The number of carbonyl (C=O) groups excluding carboxylic acids is 3. The van der Waals surface area contributed by atoms with Gasteiger partial charge in [0.15, 0.2) is 6.10 Å². The Morgan fingerprint density at radius 2 is 0.457 bits per heavy atom. The molecule has 0 heterocycles. The number of hydrogen-bond acceptors (Lipinski definition) is 6. The molecule has 0 saturated heterocycles. The highest BCUT2D eigenvalue weighted by Crippen LogP contribution is 2.18. The highest BCUT2D eigenvalue weighted by atomic mass is 16.6. The highest BCUT2D eigenvalue weighted by Gasteiger charge is 2.19. The zero-order valence-corrected chi connectivity index (χ0v) is 54.3. The number of esters is 3. The molecule has 0 aromatic heterocycles. The van der Waals surface area contributed by atoms with Crippen molar-refractivity contribution in [2.24, 2.45) is 0 Å². The van der Waals surface area contributed by atoms with E-state index in [2.05, 4.69) is 81.5 Å².